The number of halogens is 1. The molecule has 4 heteroatoms. The Kier molecular flexibility index (Phi) is 5.39. The topological polar surface area (TPSA) is 18.5 Å². The zero-order valence-electron chi connectivity index (χ0n) is 11.5. The molecule has 0 atom stereocenters. The summed E-state index contributed by atoms with van der Waals surface area (Å²) in [5, 5.41) is 1.68. The van der Waals surface area contributed by atoms with E-state index in [0.717, 1.165) is 40.0 Å². The molecule has 0 saturated carbocycles. The van der Waals surface area contributed by atoms with Crippen molar-refractivity contribution in [1.29, 1.82) is 0 Å². The number of methoxy groups -OCH3 is 1. The molecule has 2 radical (unpaired) electrons. The molecule has 0 amide bonds. The van der Waals surface area contributed by atoms with Gasteiger partial charge in [0.2, 0.25) is 0 Å². The van der Waals surface area contributed by atoms with Crippen molar-refractivity contribution in [2.24, 2.45) is 0 Å². The van der Waals surface area contributed by atoms with Gasteiger partial charge in [-0.25, -0.2) is 0 Å². The van der Waals surface area contributed by atoms with Crippen molar-refractivity contribution in [2.45, 2.75) is 18.6 Å². The van der Waals surface area contributed by atoms with Crippen LogP contribution >= 0.6 is 11.6 Å². The van der Waals surface area contributed by atoms with Crippen LogP contribution in [-0.4, -0.2) is 24.0 Å². The number of ether oxygens (including phenoxy) is 2. The fourth-order valence-corrected chi connectivity index (χ4v) is 2.66. The first kappa shape index (κ1) is 15.3. The average Bonchev–Trinajstić information content (AvgIpc) is 2.44. The molecule has 0 fully saturated rings. The van der Waals surface area contributed by atoms with Crippen LogP contribution in [0.2, 0.25) is 10.2 Å². The quantitative estimate of drug-likeness (QED) is 0.735. The van der Waals surface area contributed by atoms with E-state index in [1.165, 1.54) is 0 Å². The van der Waals surface area contributed by atoms with Gasteiger partial charge in [0, 0.05) is 0 Å². The summed E-state index contributed by atoms with van der Waals surface area (Å²) in [5.74, 6) is 2.41. The molecule has 0 spiro atoms. The molecular weight excluding hydrogens is 335 g/mol. The van der Waals surface area contributed by atoms with Crippen LogP contribution in [0.5, 0.6) is 17.2 Å². The predicted molar refractivity (Wildman–Crippen MR) is 83.5 cm³/mol. The molecule has 0 N–H and O–H groups in total. The summed E-state index contributed by atoms with van der Waals surface area (Å²) in [6.07, 6.45) is 0.940. The van der Waals surface area contributed by atoms with Crippen molar-refractivity contribution >= 4 is 28.5 Å². The van der Waals surface area contributed by atoms with Gasteiger partial charge in [-0.15, -0.1) is 0 Å². The normalized spacial score (nSPS) is 10.4. The summed E-state index contributed by atoms with van der Waals surface area (Å²) in [4.78, 5) is 0. The molecule has 0 unspecified atom stereocenters. The molecular formula is C16H16AsClO2. The molecule has 2 aromatic rings. The van der Waals surface area contributed by atoms with Gasteiger partial charge in [0.15, 0.2) is 0 Å². The number of benzene rings is 2. The van der Waals surface area contributed by atoms with E-state index in [1.807, 2.05) is 43.3 Å². The maximum absolute atomic E-state index is 6.07. The molecule has 0 aliphatic heterocycles. The zero-order chi connectivity index (χ0) is 14.5. The van der Waals surface area contributed by atoms with Crippen LogP contribution in [0.1, 0.15) is 11.1 Å². The third kappa shape index (κ3) is 3.50. The first-order chi connectivity index (χ1) is 9.65. The van der Waals surface area contributed by atoms with Gasteiger partial charge in [0.05, 0.1) is 0 Å². The Labute approximate surface area is 133 Å². The van der Waals surface area contributed by atoms with E-state index in [2.05, 4.69) is 16.9 Å². The van der Waals surface area contributed by atoms with Gasteiger partial charge in [-0.05, 0) is 0 Å². The van der Waals surface area contributed by atoms with E-state index in [9.17, 15) is 0 Å². The van der Waals surface area contributed by atoms with Crippen molar-refractivity contribution in [2.75, 3.05) is 7.11 Å². The van der Waals surface area contributed by atoms with Gasteiger partial charge in [-0.1, -0.05) is 0 Å². The van der Waals surface area contributed by atoms with E-state index < -0.39 is 0 Å². The molecule has 2 aromatic carbocycles. The summed E-state index contributed by atoms with van der Waals surface area (Å²) in [5.41, 5.74) is 2.13. The second-order valence-corrected chi connectivity index (χ2v) is 5.79. The van der Waals surface area contributed by atoms with Crippen LogP contribution in [0.3, 0.4) is 0 Å². The second-order valence-electron chi connectivity index (χ2n) is 4.41. The summed E-state index contributed by atoms with van der Waals surface area (Å²) in [6.45, 7) is 1.98. The molecule has 0 saturated heterocycles. The van der Waals surface area contributed by atoms with Gasteiger partial charge in [-0.2, -0.15) is 0 Å². The van der Waals surface area contributed by atoms with Crippen molar-refractivity contribution in [3.63, 3.8) is 0 Å². The number of hydrogen-bond donors (Lipinski definition) is 0. The standard InChI is InChI=1S/C16H16AsClO2/c1-11-14(19-2)4-3-5-15(11)20-16-10-13(18)7-6-12(16)8-9-17/h3-7,10H,8-9H2,1-2H3. The summed E-state index contributed by atoms with van der Waals surface area (Å²) in [6, 6.07) is 11.5. The van der Waals surface area contributed by atoms with E-state index >= 15 is 0 Å². The van der Waals surface area contributed by atoms with Gasteiger partial charge in [0.25, 0.3) is 0 Å². The Hall–Kier alpha value is -1.11. The monoisotopic (exact) mass is 350 g/mol. The van der Waals surface area contributed by atoms with Crippen molar-refractivity contribution in [3.8, 4) is 17.2 Å². The van der Waals surface area contributed by atoms with Gasteiger partial charge >= 0.3 is 133 Å². The Morgan fingerprint density at radius 1 is 1.10 bits per heavy atom. The Morgan fingerprint density at radius 3 is 2.55 bits per heavy atom. The Balaban J connectivity index is 2.36. The fourth-order valence-electron chi connectivity index (χ4n) is 1.99. The molecule has 104 valence electrons. The fraction of sp³-hybridized carbons (Fsp3) is 0.250. The van der Waals surface area contributed by atoms with Crippen molar-refractivity contribution in [3.05, 3.63) is 52.5 Å². The molecule has 0 aromatic heterocycles. The summed E-state index contributed by atoms with van der Waals surface area (Å²) < 4.78 is 11.4. The van der Waals surface area contributed by atoms with Crippen LogP contribution < -0.4 is 9.47 Å². The van der Waals surface area contributed by atoms with Crippen LogP contribution in [0.25, 0.3) is 0 Å². The van der Waals surface area contributed by atoms with Crippen molar-refractivity contribution < 1.29 is 9.47 Å². The summed E-state index contributed by atoms with van der Waals surface area (Å²) in [7, 11) is 1.66. The maximum atomic E-state index is 6.07. The average molecular weight is 351 g/mol. The number of rotatable bonds is 5. The van der Waals surface area contributed by atoms with Crippen LogP contribution in [0.4, 0.5) is 0 Å². The first-order valence-corrected chi connectivity index (χ1v) is 8.07. The van der Waals surface area contributed by atoms with Crippen LogP contribution in [0, 0.1) is 6.92 Å². The Morgan fingerprint density at radius 2 is 1.85 bits per heavy atom. The molecule has 0 aliphatic rings. The second kappa shape index (κ2) is 7.06. The van der Waals surface area contributed by atoms with Crippen LogP contribution in [-0.2, 0) is 6.42 Å². The van der Waals surface area contributed by atoms with Gasteiger partial charge < -0.3 is 0 Å². The third-order valence-corrected chi connectivity index (χ3v) is 3.79. The van der Waals surface area contributed by atoms with Gasteiger partial charge in [0.1, 0.15) is 0 Å². The summed E-state index contributed by atoms with van der Waals surface area (Å²) >= 11 is 8.66. The van der Waals surface area contributed by atoms with E-state index in [4.69, 9.17) is 21.1 Å². The number of hydrogen-bond acceptors (Lipinski definition) is 2. The molecule has 0 heterocycles. The number of aryl methyl sites for hydroxylation is 1. The minimum absolute atomic E-state index is 0.676. The molecule has 0 aliphatic carbocycles. The van der Waals surface area contributed by atoms with Crippen LogP contribution in [0.15, 0.2) is 36.4 Å². The predicted octanol–water partition coefficient (Wildman–Crippen LogP) is 4.58. The first-order valence-electron chi connectivity index (χ1n) is 6.36. The SMILES string of the molecule is COc1cccc(Oc2cc(Cl)ccc2CC[As])c1C. The third-order valence-electron chi connectivity index (χ3n) is 3.08. The van der Waals surface area contributed by atoms with Gasteiger partial charge in [-0.3, -0.25) is 0 Å². The Bertz CT molecular complexity index is 599. The van der Waals surface area contributed by atoms with E-state index in [1.54, 1.807) is 7.11 Å². The van der Waals surface area contributed by atoms with Crippen molar-refractivity contribution in [1.82, 2.24) is 0 Å². The minimum atomic E-state index is 0.676. The molecule has 20 heavy (non-hydrogen) atoms. The zero-order valence-corrected chi connectivity index (χ0v) is 14.2. The molecule has 0 bridgehead atoms. The molecule has 2 rings (SSSR count). The van der Waals surface area contributed by atoms with E-state index in [-0.39, 0.29) is 0 Å². The van der Waals surface area contributed by atoms with E-state index in [0.29, 0.717) is 5.02 Å². The molecule has 2 nitrogen and oxygen atoms in total.